The molecule has 0 unspecified atom stereocenters. The number of hydrogen-bond acceptors (Lipinski definition) is 1. The summed E-state index contributed by atoms with van der Waals surface area (Å²) in [6, 6.07) is 0. The number of nitrogens with one attached hydrogen (secondary N) is 1. The van der Waals surface area contributed by atoms with E-state index in [1.165, 1.54) is 0 Å². The normalized spacial score (nSPS) is 12.8. The lowest BCUT2D eigenvalue weighted by Crippen LogP contribution is -2.38. The molecule has 1 N–H and O–H groups in total. The van der Waals surface area contributed by atoms with E-state index in [2.05, 4.69) is 45.2 Å². The van der Waals surface area contributed by atoms with Gasteiger partial charge in [0.2, 0.25) is 0 Å². The first kappa shape index (κ1) is 9.70. The zero-order valence-corrected chi connectivity index (χ0v) is 7.57. The second kappa shape index (κ2) is 4.51. The Morgan fingerprint density at radius 1 is 1.40 bits per heavy atom. The van der Waals surface area contributed by atoms with Gasteiger partial charge in [-0.3, -0.25) is 0 Å². The molecular weight excluding hydrogens is 122 g/mol. The lowest BCUT2D eigenvalue weighted by atomic mass is 10.0. The number of hydrogen-bond donors (Lipinski definition) is 1. The molecule has 0 spiro atoms. The molecule has 0 radical (unpaired) electrons. The Hall–Kier alpha value is -0.300. The molecule has 0 aliphatic rings. The van der Waals surface area contributed by atoms with Crippen LogP contribution in [0.5, 0.6) is 0 Å². The van der Waals surface area contributed by atoms with Gasteiger partial charge in [-0.05, 0) is 33.7 Å². The monoisotopic (exact) mass is 141 g/mol. The van der Waals surface area contributed by atoms with Crippen LogP contribution in [0.4, 0.5) is 0 Å². The molecule has 0 aromatic heterocycles. The van der Waals surface area contributed by atoms with Crippen LogP contribution in [0.1, 0.15) is 34.1 Å². The topological polar surface area (TPSA) is 12.0 Å². The number of rotatable bonds is 4. The summed E-state index contributed by atoms with van der Waals surface area (Å²) in [6.45, 7) is 9.68. The van der Waals surface area contributed by atoms with Crippen molar-refractivity contribution in [2.75, 3.05) is 6.54 Å². The van der Waals surface area contributed by atoms with Gasteiger partial charge >= 0.3 is 0 Å². The van der Waals surface area contributed by atoms with Crippen molar-refractivity contribution in [2.24, 2.45) is 0 Å². The SMILES string of the molecule is C/C=C\CC(C)(C)NCC. The molecule has 0 saturated heterocycles. The van der Waals surface area contributed by atoms with E-state index in [-0.39, 0.29) is 5.54 Å². The molecule has 0 fully saturated rings. The fraction of sp³-hybridized carbons (Fsp3) is 0.778. The van der Waals surface area contributed by atoms with Gasteiger partial charge in [0, 0.05) is 5.54 Å². The summed E-state index contributed by atoms with van der Waals surface area (Å²) in [7, 11) is 0. The van der Waals surface area contributed by atoms with Gasteiger partial charge in [-0.25, -0.2) is 0 Å². The van der Waals surface area contributed by atoms with Crippen LogP contribution in [0.25, 0.3) is 0 Å². The maximum atomic E-state index is 3.41. The molecule has 0 rings (SSSR count). The van der Waals surface area contributed by atoms with Gasteiger partial charge in [0.25, 0.3) is 0 Å². The van der Waals surface area contributed by atoms with Gasteiger partial charge in [-0.2, -0.15) is 0 Å². The van der Waals surface area contributed by atoms with Gasteiger partial charge in [0.05, 0.1) is 0 Å². The third-order valence-electron chi connectivity index (χ3n) is 1.52. The summed E-state index contributed by atoms with van der Waals surface area (Å²) in [6.07, 6.45) is 5.40. The van der Waals surface area contributed by atoms with E-state index in [4.69, 9.17) is 0 Å². The molecule has 0 aromatic rings. The van der Waals surface area contributed by atoms with Crippen LogP contribution in [-0.2, 0) is 0 Å². The average molecular weight is 141 g/mol. The standard InChI is InChI=1S/C9H19N/c1-5-7-8-9(3,4)10-6-2/h5,7,10H,6,8H2,1-4H3/b7-5-. The van der Waals surface area contributed by atoms with E-state index < -0.39 is 0 Å². The van der Waals surface area contributed by atoms with Crippen LogP contribution >= 0.6 is 0 Å². The Kier molecular flexibility index (Phi) is 4.37. The minimum Gasteiger partial charge on any atom is -0.312 e. The van der Waals surface area contributed by atoms with Crippen LogP contribution in [-0.4, -0.2) is 12.1 Å². The van der Waals surface area contributed by atoms with Gasteiger partial charge < -0.3 is 5.32 Å². The second-order valence-corrected chi connectivity index (χ2v) is 3.19. The molecule has 0 saturated carbocycles. The second-order valence-electron chi connectivity index (χ2n) is 3.19. The van der Waals surface area contributed by atoms with Crippen LogP contribution in [0.2, 0.25) is 0 Å². The van der Waals surface area contributed by atoms with E-state index in [0.717, 1.165) is 13.0 Å². The van der Waals surface area contributed by atoms with Crippen molar-refractivity contribution in [3.63, 3.8) is 0 Å². The summed E-state index contributed by atoms with van der Waals surface area (Å²) in [4.78, 5) is 0. The first-order valence-electron chi connectivity index (χ1n) is 3.98. The average Bonchev–Trinajstić information content (AvgIpc) is 1.84. The van der Waals surface area contributed by atoms with Crippen molar-refractivity contribution >= 4 is 0 Å². The van der Waals surface area contributed by atoms with E-state index in [1.807, 2.05) is 0 Å². The summed E-state index contributed by atoms with van der Waals surface area (Å²) < 4.78 is 0. The number of allylic oxidation sites excluding steroid dienone is 1. The molecular formula is C9H19N. The highest BCUT2D eigenvalue weighted by Crippen LogP contribution is 2.07. The van der Waals surface area contributed by atoms with E-state index in [9.17, 15) is 0 Å². The van der Waals surface area contributed by atoms with E-state index in [0.29, 0.717) is 0 Å². The zero-order chi connectivity index (χ0) is 8.04. The van der Waals surface area contributed by atoms with Gasteiger partial charge in [0.15, 0.2) is 0 Å². The third kappa shape index (κ3) is 4.57. The predicted molar refractivity (Wildman–Crippen MR) is 47.2 cm³/mol. The molecule has 0 atom stereocenters. The van der Waals surface area contributed by atoms with Crippen molar-refractivity contribution in [1.82, 2.24) is 5.32 Å². The van der Waals surface area contributed by atoms with Crippen LogP contribution < -0.4 is 5.32 Å². The van der Waals surface area contributed by atoms with Crippen LogP contribution in [0, 0.1) is 0 Å². The molecule has 60 valence electrons. The molecule has 0 aliphatic heterocycles. The Bertz CT molecular complexity index is 103. The minimum absolute atomic E-state index is 0.265. The van der Waals surface area contributed by atoms with Gasteiger partial charge in [0.1, 0.15) is 0 Å². The zero-order valence-electron chi connectivity index (χ0n) is 7.57. The fourth-order valence-electron chi connectivity index (χ4n) is 0.963. The first-order chi connectivity index (χ1) is 4.62. The minimum atomic E-state index is 0.265. The first-order valence-corrected chi connectivity index (χ1v) is 3.98. The Morgan fingerprint density at radius 3 is 2.40 bits per heavy atom. The van der Waals surface area contributed by atoms with Crippen molar-refractivity contribution < 1.29 is 0 Å². The van der Waals surface area contributed by atoms with E-state index >= 15 is 0 Å². The molecule has 0 bridgehead atoms. The maximum absolute atomic E-state index is 3.41. The molecule has 0 aliphatic carbocycles. The highest BCUT2D eigenvalue weighted by molar-refractivity contribution is 4.89. The molecule has 10 heavy (non-hydrogen) atoms. The van der Waals surface area contributed by atoms with Gasteiger partial charge in [-0.15, -0.1) is 0 Å². The summed E-state index contributed by atoms with van der Waals surface area (Å²) in [5.74, 6) is 0. The van der Waals surface area contributed by atoms with Crippen molar-refractivity contribution in [3.8, 4) is 0 Å². The van der Waals surface area contributed by atoms with E-state index in [1.54, 1.807) is 0 Å². The Balaban J connectivity index is 3.62. The highest BCUT2D eigenvalue weighted by Gasteiger charge is 2.12. The quantitative estimate of drug-likeness (QED) is 0.592. The van der Waals surface area contributed by atoms with Crippen molar-refractivity contribution in [2.45, 2.75) is 39.7 Å². The lowest BCUT2D eigenvalue weighted by molar-refractivity contribution is 0.404. The summed E-state index contributed by atoms with van der Waals surface area (Å²) >= 11 is 0. The Morgan fingerprint density at radius 2 is 2.00 bits per heavy atom. The van der Waals surface area contributed by atoms with Crippen LogP contribution in [0.3, 0.4) is 0 Å². The van der Waals surface area contributed by atoms with Gasteiger partial charge in [-0.1, -0.05) is 19.1 Å². The third-order valence-corrected chi connectivity index (χ3v) is 1.52. The van der Waals surface area contributed by atoms with Crippen molar-refractivity contribution in [3.05, 3.63) is 12.2 Å². The smallest absolute Gasteiger partial charge is 0.0159 e. The highest BCUT2D eigenvalue weighted by atomic mass is 14.9. The maximum Gasteiger partial charge on any atom is 0.0159 e. The molecule has 0 heterocycles. The largest absolute Gasteiger partial charge is 0.312 e. The molecule has 1 heteroatoms. The molecule has 0 amide bonds. The summed E-state index contributed by atoms with van der Waals surface area (Å²) in [5.41, 5.74) is 0.265. The van der Waals surface area contributed by atoms with Crippen molar-refractivity contribution in [1.29, 1.82) is 0 Å². The Labute approximate surface area is 64.5 Å². The summed E-state index contributed by atoms with van der Waals surface area (Å²) in [5, 5.41) is 3.41. The molecule has 1 nitrogen and oxygen atoms in total. The lowest BCUT2D eigenvalue weighted by Gasteiger charge is -2.23. The predicted octanol–water partition coefficient (Wildman–Crippen LogP) is 2.34. The fourth-order valence-corrected chi connectivity index (χ4v) is 0.963. The van der Waals surface area contributed by atoms with Crippen LogP contribution in [0.15, 0.2) is 12.2 Å². The molecule has 0 aromatic carbocycles.